The molecular formula is C15H18ClN3O. The van der Waals surface area contributed by atoms with E-state index in [1.54, 1.807) is 11.7 Å². The molecule has 0 aliphatic carbocycles. The van der Waals surface area contributed by atoms with Crippen LogP contribution in [0.25, 0.3) is 0 Å². The van der Waals surface area contributed by atoms with E-state index in [1.165, 1.54) is 0 Å². The molecule has 0 spiro atoms. The molecule has 106 valence electrons. The van der Waals surface area contributed by atoms with Gasteiger partial charge in [0, 0.05) is 24.6 Å². The Morgan fingerprint density at radius 1 is 1.35 bits per heavy atom. The number of carbonyl (C=O) groups excluding carboxylic acids is 1. The topological polar surface area (TPSA) is 60.9 Å². The molecule has 0 amide bonds. The second kappa shape index (κ2) is 6.20. The predicted octanol–water partition coefficient (Wildman–Crippen LogP) is 2.31. The molecule has 2 N–H and O–H groups in total. The SMILES string of the molecule is Cc1nn(C)c(Cl)c1CC(=O)c1ccc(CCN)cc1. The first kappa shape index (κ1) is 14.8. The Morgan fingerprint density at radius 2 is 2.00 bits per heavy atom. The van der Waals surface area contributed by atoms with Crippen LogP contribution in [0.2, 0.25) is 5.15 Å². The quantitative estimate of drug-likeness (QED) is 0.860. The third kappa shape index (κ3) is 3.08. The Hall–Kier alpha value is -1.65. The molecule has 2 aromatic rings. The van der Waals surface area contributed by atoms with Gasteiger partial charge in [0.05, 0.1) is 5.69 Å². The van der Waals surface area contributed by atoms with Gasteiger partial charge in [-0.15, -0.1) is 0 Å². The van der Waals surface area contributed by atoms with Crippen LogP contribution in [0.15, 0.2) is 24.3 Å². The van der Waals surface area contributed by atoms with Crippen molar-refractivity contribution < 1.29 is 4.79 Å². The van der Waals surface area contributed by atoms with E-state index < -0.39 is 0 Å². The van der Waals surface area contributed by atoms with E-state index in [2.05, 4.69) is 5.10 Å². The summed E-state index contributed by atoms with van der Waals surface area (Å²) in [4.78, 5) is 12.3. The monoisotopic (exact) mass is 291 g/mol. The molecule has 1 aromatic carbocycles. The van der Waals surface area contributed by atoms with Crippen molar-refractivity contribution in [3.05, 3.63) is 51.8 Å². The predicted molar refractivity (Wildman–Crippen MR) is 80.2 cm³/mol. The van der Waals surface area contributed by atoms with Crippen LogP contribution in [0.4, 0.5) is 0 Å². The standard InChI is InChI=1S/C15H18ClN3O/c1-10-13(15(16)19(2)18-10)9-14(20)12-5-3-11(4-6-12)7-8-17/h3-6H,7-9,17H2,1-2H3. The van der Waals surface area contributed by atoms with E-state index in [9.17, 15) is 4.79 Å². The van der Waals surface area contributed by atoms with Crippen LogP contribution < -0.4 is 5.73 Å². The highest BCUT2D eigenvalue weighted by Crippen LogP contribution is 2.20. The molecule has 0 saturated heterocycles. The van der Waals surface area contributed by atoms with Crippen molar-refractivity contribution >= 4 is 17.4 Å². The Kier molecular flexibility index (Phi) is 4.57. The van der Waals surface area contributed by atoms with Crippen molar-refractivity contribution in [2.45, 2.75) is 19.8 Å². The highest BCUT2D eigenvalue weighted by Gasteiger charge is 2.16. The lowest BCUT2D eigenvalue weighted by Gasteiger charge is -2.03. The maximum absolute atomic E-state index is 12.3. The highest BCUT2D eigenvalue weighted by atomic mass is 35.5. The Morgan fingerprint density at radius 3 is 2.50 bits per heavy atom. The molecular weight excluding hydrogens is 274 g/mol. The molecule has 0 aliphatic rings. The average molecular weight is 292 g/mol. The van der Waals surface area contributed by atoms with E-state index in [0.29, 0.717) is 17.3 Å². The largest absolute Gasteiger partial charge is 0.330 e. The fraction of sp³-hybridized carbons (Fsp3) is 0.333. The van der Waals surface area contributed by atoms with Crippen molar-refractivity contribution in [1.29, 1.82) is 0 Å². The lowest BCUT2D eigenvalue weighted by atomic mass is 10.0. The summed E-state index contributed by atoms with van der Waals surface area (Å²) in [7, 11) is 1.77. The summed E-state index contributed by atoms with van der Waals surface area (Å²) in [5.41, 5.74) is 8.92. The van der Waals surface area contributed by atoms with E-state index in [0.717, 1.165) is 23.2 Å². The normalized spacial score (nSPS) is 10.8. The zero-order valence-corrected chi connectivity index (χ0v) is 12.4. The van der Waals surface area contributed by atoms with Crippen molar-refractivity contribution in [2.24, 2.45) is 12.8 Å². The molecule has 0 atom stereocenters. The lowest BCUT2D eigenvalue weighted by Crippen LogP contribution is -2.06. The third-order valence-electron chi connectivity index (χ3n) is 3.32. The lowest BCUT2D eigenvalue weighted by molar-refractivity contribution is 0.0992. The minimum absolute atomic E-state index is 0.0438. The smallest absolute Gasteiger partial charge is 0.167 e. The average Bonchev–Trinajstić information content (AvgIpc) is 2.66. The van der Waals surface area contributed by atoms with Crippen molar-refractivity contribution in [2.75, 3.05) is 6.54 Å². The van der Waals surface area contributed by atoms with E-state index >= 15 is 0 Å². The molecule has 0 unspecified atom stereocenters. The molecule has 1 aromatic heterocycles. The number of nitrogens with zero attached hydrogens (tertiary/aromatic N) is 2. The third-order valence-corrected chi connectivity index (χ3v) is 3.79. The molecule has 1 heterocycles. The van der Waals surface area contributed by atoms with Gasteiger partial charge in [0.2, 0.25) is 0 Å². The van der Waals surface area contributed by atoms with Crippen LogP contribution in [0.5, 0.6) is 0 Å². The molecule has 0 radical (unpaired) electrons. The number of nitrogens with two attached hydrogens (primary N) is 1. The molecule has 2 rings (SSSR count). The number of hydrogen-bond donors (Lipinski definition) is 1. The van der Waals surface area contributed by atoms with Gasteiger partial charge in [0.25, 0.3) is 0 Å². The zero-order valence-electron chi connectivity index (χ0n) is 11.7. The number of ketones is 1. The summed E-state index contributed by atoms with van der Waals surface area (Å²) in [6, 6.07) is 7.56. The van der Waals surface area contributed by atoms with E-state index in [-0.39, 0.29) is 12.2 Å². The minimum atomic E-state index is 0.0438. The van der Waals surface area contributed by atoms with Crippen LogP contribution in [0.1, 0.15) is 27.2 Å². The Bertz CT molecular complexity index is 617. The number of carbonyl (C=O) groups is 1. The molecule has 5 heteroatoms. The fourth-order valence-corrected chi connectivity index (χ4v) is 2.40. The van der Waals surface area contributed by atoms with Gasteiger partial charge < -0.3 is 5.73 Å². The summed E-state index contributed by atoms with van der Waals surface area (Å²) in [6.07, 6.45) is 1.09. The van der Waals surface area contributed by atoms with Crippen LogP contribution in [0.3, 0.4) is 0 Å². The number of aromatic nitrogens is 2. The van der Waals surface area contributed by atoms with Crippen LogP contribution in [0, 0.1) is 6.92 Å². The van der Waals surface area contributed by atoms with Crippen molar-refractivity contribution in [1.82, 2.24) is 9.78 Å². The molecule has 20 heavy (non-hydrogen) atoms. The first-order valence-corrected chi connectivity index (χ1v) is 6.91. The van der Waals surface area contributed by atoms with Gasteiger partial charge in [-0.05, 0) is 25.5 Å². The van der Waals surface area contributed by atoms with Gasteiger partial charge in [-0.3, -0.25) is 9.48 Å². The second-order valence-electron chi connectivity index (χ2n) is 4.81. The van der Waals surface area contributed by atoms with Gasteiger partial charge in [0.15, 0.2) is 5.78 Å². The van der Waals surface area contributed by atoms with Gasteiger partial charge in [0.1, 0.15) is 5.15 Å². The number of halogens is 1. The van der Waals surface area contributed by atoms with Gasteiger partial charge in [-0.2, -0.15) is 5.10 Å². The summed E-state index contributed by atoms with van der Waals surface area (Å²) >= 11 is 6.15. The highest BCUT2D eigenvalue weighted by molar-refractivity contribution is 6.30. The second-order valence-corrected chi connectivity index (χ2v) is 5.17. The first-order valence-electron chi connectivity index (χ1n) is 6.53. The van der Waals surface area contributed by atoms with Crippen LogP contribution in [-0.2, 0) is 19.9 Å². The number of hydrogen-bond acceptors (Lipinski definition) is 3. The summed E-state index contributed by atoms with van der Waals surface area (Å²) < 4.78 is 1.59. The summed E-state index contributed by atoms with van der Waals surface area (Å²) in [6.45, 7) is 2.47. The molecule has 4 nitrogen and oxygen atoms in total. The summed E-state index contributed by atoms with van der Waals surface area (Å²) in [5.74, 6) is 0.0438. The van der Waals surface area contributed by atoms with Crippen molar-refractivity contribution in [3.63, 3.8) is 0 Å². The maximum Gasteiger partial charge on any atom is 0.167 e. The molecule has 0 bridgehead atoms. The number of Topliss-reactive ketones (excluding diaryl/α,β-unsaturated/α-hetero) is 1. The number of rotatable bonds is 5. The van der Waals surface area contributed by atoms with E-state index in [4.69, 9.17) is 17.3 Å². The van der Waals surface area contributed by atoms with Crippen molar-refractivity contribution in [3.8, 4) is 0 Å². The summed E-state index contributed by atoms with van der Waals surface area (Å²) in [5, 5.41) is 4.74. The zero-order chi connectivity index (χ0) is 14.7. The Labute approximate surface area is 123 Å². The molecule has 0 fully saturated rings. The maximum atomic E-state index is 12.3. The van der Waals surface area contributed by atoms with Crippen LogP contribution in [-0.4, -0.2) is 22.1 Å². The number of aryl methyl sites for hydroxylation is 2. The fourth-order valence-electron chi connectivity index (χ4n) is 2.16. The number of benzene rings is 1. The molecule has 0 saturated carbocycles. The minimum Gasteiger partial charge on any atom is -0.330 e. The van der Waals surface area contributed by atoms with E-state index in [1.807, 2.05) is 31.2 Å². The van der Waals surface area contributed by atoms with Gasteiger partial charge in [-0.25, -0.2) is 0 Å². The Balaban J connectivity index is 2.15. The first-order chi connectivity index (χ1) is 9.52. The van der Waals surface area contributed by atoms with Crippen LogP contribution >= 0.6 is 11.6 Å². The molecule has 0 aliphatic heterocycles. The van der Waals surface area contributed by atoms with Gasteiger partial charge >= 0.3 is 0 Å². The van der Waals surface area contributed by atoms with Gasteiger partial charge in [-0.1, -0.05) is 35.9 Å².